The van der Waals surface area contributed by atoms with E-state index in [1.54, 1.807) is 0 Å². The summed E-state index contributed by atoms with van der Waals surface area (Å²) in [7, 11) is 0. The van der Waals surface area contributed by atoms with Crippen molar-refractivity contribution < 1.29 is 9.59 Å². The Morgan fingerprint density at radius 2 is 1.58 bits per heavy atom. The molecule has 0 spiro atoms. The zero-order valence-electron chi connectivity index (χ0n) is 19.2. The summed E-state index contributed by atoms with van der Waals surface area (Å²) in [6.45, 7) is 6.04. The number of nitrogens with one attached hydrogen (secondary N) is 2. The monoisotopic (exact) mass is 450 g/mol. The molecule has 2 aliphatic heterocycles. The molecule has 2 N–H and O–H groups in total. The van der Waals surface area contributed by atoms with Gasteiger partial charge < -0.3 is 20.4 Å². The van der Waals surface area contributed by atoms with Crippen LogP contribution >= 0.6 is 0 Å². The van der Waals surface area contributed by atoms with Crippen LogP contribution in [0.1, 0.15) is 30.4 Å². The number of benzene rings is 1. The van der Waals surface area contributed by atoms with Crippen molar-refractivity contribution in [3.05, 3.63) is 59.8 Å². The predicted molar refractivity (Wildman–Crippen MR) is 129 cm³/mol. The summed E-state index contributed by atoms with van der Waals surface area (Å²) in [5.41, 5.74) is 2.14. The molecular formula is C25H34N6O2. The van der Waals surface area contributed by atoms with Gasteiger partial charge in [0.05, 0.1) is 6.54 Å². The maximum absolute atomic E-state index is 12.7. The summed E-state index contributed by atoms with van der Waals surface area (Å²) in [6.07, 6.45) is 5.48. The molecule has 0 unspecified atom stereocenters. The molecular weight excluding hydrogens is 416 g/mol. The zero-order valence-corrected chi connectivity index (χ0v) is 19.2. The van der Waals surface area contributed by atoms with E-state index in [4.69, 9.17) is 0 Å². The van der Waals surface area contributed by atoms with Gasteiger partial charge in [-0.05, 0) is 30.9 Å². The summed E-state index contributed by atoms with van der Waals surface area (Å²) in [6, 6.07) is 13.8. The zero-order chi connectivity index (χ0) is 22.9. The number of pyridine rings is 1. The molecule has 0 bridgehead atoms. The minimum absolute atomic E-state index is 0.0126. The van der Waals surface area contributed by atoms with Crippen LogP contribution in [-0.2, 0) is 17.9 Å². The van der Waals surface area contributed by atoms with E-state index in [1.165, 1.54) is 19.3 Å². The summed E-state index contributed by atoms with van der Waals surface area (Å²) >= 11 is 0. The number of anilines is 1. The molecule has 3 heterocycles. The van der Waals surface area contributed by atoms with Crippen molar-refractivity contribution in [2.75, 3.05) is 50.7 Å². The Labute approximate surface area is 196 Å². The third kappa shape index (κ3) is 6.68. The highest BCUT2D eigenvalue weighted by molar-refractivity contribution is 5.78. The van der Waals surface area contributed by atoms with Gasteiger partial charge in [0, 0.05) is 64.1 Å². The van der Waals surface area contributed by atoms with Crippen molar-refractivity contribution in [3.8, 4) is 0 Å². The fraction of sp³-hybridized carbons (Fsp3) is 0.480. The molecule has 8 heteroatoms. The normalized spacial score (nSPS) is 17.0. The van der Waals surface area contributed by atoms with Gasteiger partial charge in [0.25, 0.3) is 0 Å². The van der Waals surface area contributed by atoms with Crippen LogP contribution in [0.2, 0.25) is 0 Å². The van der Waals surface area contributed by atoms with Gasteiger partial charge in [0.1, 0.15) is 5.82 Å². The van der Waals surface area contributed by atoms with E-state index in [0.29, 0.717) is 45.8 Å². The van der Waals surface area contributed by atoms with Crippen LogP contribution in [0.4, 0.5) is 10.6 Å². The fourth-order valence-corrected chi connectivity index (χ4v) is 4.41. The Hall–Kier alpha value is -3.13. The number of aromatic nitrogens is 1. The van der Waals surface area contributed by atoms with Crippen molar-refractivity contribution in [1.29, 1.82) is 0 Å². The lowest BCUT2D eigenvalue weighted by molar-refractivity contribution is -0.122. The molecule has 2 fully saturated rings. The summed E-state index contributed by atoms with van der Waals surface area (Å²) < 4.78 is 0. The maximum Gasteiger partial charge on any atom is 0.317 e. The van der Waals surface area contributed by atoms with Crippen LogP contribution in [0, 0.1) is 0 Å². The van der Waals surface area contributed by atoms with E-state index in [0.717, 1.165) is 30.0 Å². The van der Waals surface area contributed by atoms with Crippen LogP contribution in [0.5, 0.6) is 0 Å². The molecule has 176 valence electrons. The molecule has 1 aromatic carbocycles. The van der Waals surface area contributed by atoms with Crippen LogP contribution in [0.15, 0.2) is 48.7 Å². The quantitative estimate of drug-likeness (QED) is 0.676. The Balaban J connectivity index is 1.19. The molecule has 8 nitrogen and oxygen atoms in total. The summed E-state index contributed by atoms with van der Waals surface area (Å²) in [5.74, 6) is 1.00. The first-order chi connectivity index (χ1) is 16.2. The Morgan fingerprint density at radius 1 is 0.818 bits per heavy atom. The molecule has 0 radical (unpaired) electrons. The van der Waals surface area contributed by atoms with Crippen LogP contribution in [0.25, 0.3) is 0 Å². The van der Waals surface area contributed by atoms with Gasteiger partial charge in [-0.2, -0.15) is 0 Å². The van der Waals surface area contributed by atoms with Crippen molar-refractivity contribution in [2.24, 2.45) is 0 Å². The van der Waals surface area contributed by atoms with Crippen LogP contribution in [-0.4, -0.2) is 72.5 Å². The van der Waals surface area contributed by atoms with Gasteiger partial charge in [0.2, 0.25) is 5.91 Å². The lowest BCUT2D eigenvalue weighted by atomic mass is 10.1. The molecule has 4 rings (SSSR count). The summed E-state index contributed by atoms with van der Waals surface area (Å²) in [4.78, 5) is 35.8. The van der Waals surface area contributed by atoms with Gasteiger partial charge >= 0.3 is 6.03 Å². The van der Waals surface area contributed by atoms with Crippen molar-refractivity contribution in [2.45, 2.75) is 32.4 Å². The number of piperazine rings is 1. The SMILES string of the molecule is O=C(CN1CCN(C(=O)NCc2cccnc2N2CCCCC2)CC1)NCc1ccccc1. The van der Waals surface area contributed by atoms with Crippen molar-refractivity contribution >= 4 is 17.8 Å². The highest BCUT2D eigenvalue weighted by Crippen LogP contribution is 2.21. The molecule has 1 aromatic heterocycles. The lowest BCUT2D eigenvalue weighted by Crippen LogP contribution is -2.53. The molecule has 0 atom stereocenters. The minimum atomic E-state index is -0.0587. The number of nitrogens with zero attached hydrogens (tertiary/aromatic N) is 4. The van der Waals surface area contributed by atoms with E-state index in [1.807, 2.05) is 53.6 Å². The van der Waals surface area contributed by atoms with Crippen LogP contribution in [0.3, 0.4) is 0 Å². The second-order valence-electron chi connectivity index (χ2n) is 8.72. The number of piperidine rings is 1. The number of hydrogen-bond donors (Lipinski definition) is 2. The first-order valence-electron chi connectivity index (χ1n) is 11.9. The molecule has 2 aromatic rings. The molecule has 3 amide bonds. The third-order valence-corrected chi connectivity index (χ3v) is 6.31. The van der Waals surface area contributed by atoms with Crippen LogP contribution < -0.4 is 15.5 Å². The highest BCUT2D eigenvalue weighted by atomic mass is 16.2. The summed E-state index contributed by atoms with van der Waals surface area (Å²) in [5, 5.41) is 6.03. The first-order valence-corrected chi connectivity index (χ1v) is 11.9. The van der Waals surface area contributed by atoms with Crippen molar-refractivity contribution in [3.63, 3.8) is 0 Å². The van der Waals surface area contributed by atoms with Gasteiger partial charge in [-0.1, -0.05) is 36.4 Å². The first kappa shape index (κ1) is 23.0. The van der Waals surface area contributed by atoms with E-state index >= 15 is 0 Å². The van der Waals surface area contributed by atoms with Gasteiger partial charge in [-0.25, -0.2) is 9.78 Å². The topological polar surface area (TPSA) is 80.8 Å². The number of hydrogen-bond acceptors (Lipinski definition) is 5. The van der Waals surface area contributed by atoms with Gasteiger partial charge in [-0.3, -0.25) is 9.69 Å². The highest BCUT2D eigenvalue weighted by Gasteiger charge is 2.23. The number of carbonyl (C=O) groups excluding carboxylic acids is 2. The average molecular weight is 451 g/mol. The Morgan fingerprint density at radius 3 is 2.33 bits per heavy atom. The standard InChI is InChI=1S/C25H34N6O2/c32-23(27-18-21-8-3-1-4-9-21)20-29-14-16-31(17-15-29)25(33)28-19-22-10-7-11-26-24(22)30-12-5-2-6-13-30/h1,3-4,7-11H,2,5-6,12-20H2,(H,27,32)(H,28,33). The number of carbonyl (C=O) groups is 2. The predicted octanol–water partition coefficient (Wildman–Crippen LogP) is 2.22. The largest absolute Gasteiger partial charge is 0.356 e. The molecule has 0 aliphatic carbocycles. The Bertz CT molecular complexity index is 908. The van der Waals surface area contributed by atoms with E-state index in [-0.39, 0.29) is 11.9 Å². The third-order valence-electron chi connectivity index (χ3n) is 6.31. The van der Waals surface area contributed by atoms with Crippen molar-refractivity contribution in [1.82, 2.24) is 25.4 Å². The number of rotatable bonds is 7. The fourth-order valence-electron chi connectivity index (χ4n) is 4.41. The van der Waals surface area contributed by atoms with E-state index in [9.17, 15) is 9.59 Å². The van der Waals surface area contributed by atoms with E-state index in [2.05, 4.69) is 25.4 Å². The number of amides is 3. The second-order valence-corrected chi connectivity index (χ2v) is 8.72. The van der Waals surface area contributed by atoms with Gasteiger partial charge in [-0.15, -0.1) is 0 Å². The smallest absolute Gasteiger partial charge is 0.317 e. The second kappa shape index (κ2) is 11.7. The molecule has 33 heavy (non-hydrogen) atoms. The molecule has 0 saturated carbocycles. The molecule has 2 saturated heterocycles. The molecule has 2 aliphatic rings. The van der Waals surface area contributed by atoms with E-state index < -0.39 is 0 Å². The average Bonchev–Trinajstić information content (AvgIpc) is 2.88. The maximum atomic E-state index is 12.7. The lowest BCUT2D eigenvalue weighted by Gasteiger charge is -2.34. The number of urea groups is 1. The Kier molecular flexibility index (Phi) is 8.14. The van der Waals surface area contributed by atoms with Gasteiger partial charge in [0.15, 0.2) is 0 Å². The minimum Gasteiger partial charge on any atom is -0.356 e.